The first-order chi connectivity index (χ1) is 13.2. The summed E-state index contributed by atoms with van der Waals surface area (Å²) in [6.07, 6.45) is 2.68. The second-order valence-electron chi connectivity index (χ2n) is 7.40. The number of nitrogens with zero attached hydrogens (tertiary/aromatic N) is 3. The fourth-order valence-electron chi connectivity index (χ4n) is 2.81. The molecule has 2 aromatic heterocycles. The standard InChI is InChI=1S/C19H22ClN5O3/c1-11(23-18(27)28-19(2,3)4)16-24-13-7-5-6-12(20)15(13)17(26)25(16)10-14-21-8-9-22-14/h5-9,11H,10H2,1-4H3,(H,21,22)(H,23,27)/t11-/m0/s1. The number of aromatic amines is 1. The molecule has 0 aliphatic heterocycles. The van der Waals surface area contributed by atoms with E-state index >= 15 is 0 Å². The van der Waals surface area contributed by atoms with E-state index in [1.807, 2.05) is 0 Å². The quantitative estimate of drug-likeness (QED) is 0.695. The third kappa shape index (κ3) is 4.33. The van der Waals surface area contributed by atoms with Gasteiger partial charge in [0.25, 0.3) is 5.56 Å². The van der Waals surface area contributed by atoms with Gasteiger partial charge in [-0.3, -0.25) is 9.36 Å². The van der Waals surface area contributed by atoms with Crippen LogP contribution >= 0.6 is 11.6 Å². The zero-order chi connectivity index (χ0) is 20.5. The molecule has 0 bridgehead atoms. The van der Waals surface area contributed by atoms with Crippen molar-refractivity contribution in [1.82, 2.24) is 24.8 Å². The van der Waals surface area contributed by atoms with Crippen molar-refractivity contribution in [1.29, 1.82) is 0 Å². The molecule has 0 aliphatic carbocycles. The predicted molar refractivity (Wildman–Crippen MR) is 106 cm³/mol. The Morgan fingerprint density at radius 3 is 2.79 bits per heavy atom. The minimum absolute atomic E-state index is 0.162. The molecule has 0 saturated heterocycles. The van der Waals surface area contributed by atoms with Gasteiger partial charge in [-0.05, 0) is 39.8 Å². The number of rotatable bonds is 4. The average Bonchev–Trinajstić information content (AvgIpc) is 3.08. The van der Waals surface area contributed by atoms with Crippen molar-refractivity contribution in [3.05, 3.63) is 57.6 Å². The van der Waals surface area contributed by atoms with Crippen LogP contribution in [0.2, 0.25) is 5.02 Å². The van der Waals surface area contributed by atoms with Gasteiger partial charge in [0.2, 0.25) is 0 Å². The summed E-state index contributed by atoms with van der Waals surface area (Å²) >= 11 is 6.24. The highest BCUT2D eigenvalue weighted by molar-refractivity contribution is 6.35. The molecule has 1 atom stereocenters. The zero-order valence-electron chi connectivity index (χ0n) is 16.1. The first kappa shape index (κ1) is 19.9. The van der Waals surface area contributed by atoms with Gasteiger partial charge in [0.05, 0.1) is 28.5 Å². The van der Waals surface area contributed by atoms with E-state index in [0.717, 1.165) is 0 Å². The number of hydrogen-bond acceptors (Lipinski definition) is 5. The molecule has 148 valence electrons. The minimum atomic E-state index is -0.637. The monoisotopic (exact) mass is 403 g/mol. The molecule has 0 fully saturated rings. The number of carbonyl (C=O) groups excluding carboxylic acids is 1. The number of H-pyrrole nitrogens is 1. The summed E-state index contributed by atoms with van der Waals surface area (Å²) in [6, 6.07) is 4.50. The Kier molecular flexibility index (Phi) is 5.42. The van der Waals surface area contributed by atoms with Gasteiger partial charge in [0.15, 0.2) is 0 Å². The van der Waals surface area contributed by atoms with E-state index in [4.69, 9.17) is 16.3 Å². The van der Waals surface area contributed by atoms with Crippen molar-refractivity contribution in [3.63, 3.8) is 0 Å². The zero-order valence-corrected chi connectivity index (χ0v) is 16.9. The molecular formula is C19H22ClN5O3. The van der Waals surface area contributed by atoms with Crippen molar-refractivity contribution in [3.8, 4) is 0 Å². The molecule has 8 nitrogen and oxygen atoms in total. The van der Waals surface area contributed by atoms with Gasteiger partial charge in [0, 0.05) is 12.4 Å². The van der Waals surface area contributed by atoms with Gasteiger partial charge in [-0.1, -0.05) is 17.7 Å². The molecule has 2 N–H and O–H groups in total. The molecule has 2 heterocycles. The van der Waals surface area contributed by atoms with E-state index in [9.17, 15) is 9.59 Å². The number of hydrogen-bond donors (Lipinski definition) is 2. The maximum Gasteiger partial charge on any atom is 0.408 e. The fourth-order valence-corrected chi connectivity index (χ4v) is 3.06. The van der Waals surface area contributed by atoms with Gasteiger partial charge in [-0.15, -0.1) is 0 Å². The van der Waals surface area contributed by atoms with Crippen LogP contribution in [0.3, 0.4) is 0 Å². The van der Waals surface area contributed by atoms with Crippen LogP contribution in [0.4, 0.5) is 4.79 Å². The predicted octanol–water partition coefficient (Wildman–Crippen LogP) is 3.41. The van der Waals surface area contributed by atoms with Gasteiger partial charge >= 0.3 is 6.09 Å². The Morgan fingerprint density at radius 2 is 2.14 bits per heavy atom. The highest BCUT2D eigenvalue weighted by Crippen LogP contribution is 2.21. The minimum Gasteiger partial charge on any atom is -0.444 e. The second-order valence-corrected chi connectivity index (χ2v) is 7.81. The Balaban J connectivity index is 2.06. The lowest BCUT2D eigenvalue weighted by atomic mass is 10.2. The van der Waals surface area contributed by atoms with E-state index in [-0.39, 0.29) is 12.1 Å². The maximum atomic E-state index is 13.2. The average molecular weight is 404 g/mol. The van der Waals surface area contributed by atoms with Crippen molar-refractivity contribution in [2.75, 3.05) is 0 Å². The molecule has 0 spiro atoms. The van der Waals surface area contributed by atoms with E-state index in [0.29, 0.717) is 27.6 Å². The first-order valence-electron chi connectivity index (χ1n) is 8.82. The van der Waals surface area contributed by atoms with E-state index in [2.05, 4.69) is 20.3 Å². The SMILES string of the molecule is C[C@H](NC(=O)OC(C)(C)C)c1nc2cccc(Cl)c2c(=O)n1Cc1ncc[nH]1. The van der Waals surface area contributed by atoms with Crippen molar-refractivity contribution < 1.29 is 9.53 Å². The summed E-state index contributed by atoms with van der Waals surface area (Å²) in [6.45, 7) is 7.23. The molecule has 9 heteroatoms. The normalized spacial score (nSPS) is 12.8. The Morgan fingerprint density at radius 1 is 1.39 bits per heavy atom. The molecule has 3 rings (SSSR count). The number of fused-ring (bicyclic) bond motifs is 1. The van der Waals surface area contributed by atoms with Crippen molar-refractivity contribution >= 4 is 28.6 Å². The number of carbonyl (C=O) groups is 1. The van der Waals surface area contributed by atoms with Gasteiger partial charge in [-0.25, -0.2) is 14.8 Å². The summed E-state index contributed by atoms with van der Waals surface area (Å²) in [4.78, 5) is 37.1. The molecule has 1 aromatic carbocycles. The maximum absolute atomic E-state index is 13.2. The van der Waals surface area contributed by atoms with E-state index in [1.54, 1.807) is 58.3 Å². The third-order valence-corrected chi connectivity index (χ3v) is 4.26. The van der Waals surface area contributed by atoms with Gasteiger partial charge in [0.1, 0.15) is 17.2 Å². The number of aromatic nitrogens is 4. The summed E-state index contributed by atoms with van der Waals surface area (Å²) in [7, 11) is 0. The van der Waals surface area contributed by atoms with Crippen LogP contribution < -0.4 is 10.9 Å². The molecule has 1 amide bonds. The lowest BCUT2D eigenvalue weighted by Gasteiger charge is -2.23. The first-order valence-corrected chi connectivity index (χ1v) is 9.20. The second kappa shape index (κ2) is 7.63. The van der Waals surface area contributed by atoms with Crippen LogP contribution in [0.5, 0.6) is 0 Å². The summed E-state index contributed by atoms with van der Waals surface area (Å²) in [5.41, 5.74) is -0.483. The topological polar surface area (TPSA) is 102 Å². The summed E-state index contributed by atoms with van der Waals surface area (Å²) < 4.78 is 6.76. The molecule has 0 saturated carbocycles. The van der Waals surface area contributed by atoms with Crippen LogP contribution in [0.25, 0.3) is 10.9 Å². The van der Waals surface area contributed by atoms with E-state index in [1.165, 1.54) is 4.57 Å². The van der Waals surface area contributed by atoms with Gasteiger partial charge in [-0.2, -0.15) is 0 Å². The number of nitrogens with one attached hydrogen (secondary N) is 2. The number of imidazole rings is 1. The fraction of sp³-hybridized carbons (Fsp3) is 0.368. The highest BCUT2D eigenvalue weighted by Gasteiger charge is 2.23. The molecule has 28 heavy (non-hydrogen) atoms. The van der Waals surface area contributed by atoms with Crippen LogP contribution in [0.1, 0.15) is 45.4 Å². The lowest BCUT2D eigenvalue weighted by Crippen LogP contribution is -2.37. The van der Waals surface area contributed by atoms with Crippen LogP contribution in [0, 0.1) is 0 Å². The third-order valence-electron chi connectivity index (χ3n) is 3.95. The smallest absolute Gasteiger partial charge is 0.408 e. The molecule has 0 radical (unpaired) electrons. The van der Waals surface area contributed by atoms with Crippen molar-refractivity contribution in [2.45, 2.75) is 45.9 Å². The summed E-state index contributed by atoms with van der Waals surface area (Å²) in [5, 5.41) is 3.38. The highest BCUT2D eigenvalue weighted by atomic mass is 35.5. The Bertz CT molecular complexity index is 1050. The Labute approximate surface area is 166 Å². The number of ether oxygens (including phenoxy) is 1. The van der Waals surface area contributed by atoms with Gasteiger partial charge < -0.3 is 15.0 Å². The molecule has 3 aromatic rings. The number of amides is 1. The van der Waals surface area contributed by atoms with Crippen LogP contribution in [-0.2, 0) is 11.3 Å². The van der Waals surface area contributed by atoms with Crippen LogP contribution in [0.15, 0.2) is 35.4 Å². The number of alkyl carbamates (subject to hydrolysis) is 1. The molecular weight excluding hydrogens is 382 g/mol. The lowest BCUT2D eigenvalue weighted by molar-refractivity contribution is 0.0505. The molecule has 0 unspecified atom stereocenters. The number of halogens is 1. The Hall–Kier alpha value is -2.87. The molecule has 0 aliphatic rings. The van der Waals surface area contributed by atoms with Crippen LogP contribution in [-0.4, -0.2) is 31.2 Å². The largest absolute Gasteiger partial charge is 0.444 e. The van der Waals surface area contributed by atoms with Crippen molar-refractivity contribution in [2.24, 2.45) is 0 Å². The van der Waals surface area contributed by atoms with E-state index < -0.39 is 17.7 Å². The number of benzene rings is 1. The summed E-state index contributed by atoms with van der Waals surface area (Å²) in [5.74, 6) is 0.961.